The molecule has 0 bridgehead atoms. The minimum Gasteiger partial charge on any atom is -0.489 e. The van der Waals surface area contributed by atoms with E-state index in [-0.39, 0.29) is 17.9 Å². The molecule has 1 fully saturated rings. The van der Waals surface area contributed by atoms with E-state index in [4.69, 9.17) is 10.5 Å². The molecule has 2 unspecified atom stereocenters. The molecule has 116 valence electrons. The third-order valence-corrected chi connectivity index (χ3v) is 3.51. The summed E-state index contributed by atoms with van der Waals surface area (Å²) in [6, 6.07) is 2.42. The fraction of sp³-hybridized carbons (Fsp3) is 0.538. The number of hydrogen-bond acceptors (Lipinski definition) is 4. The molecule has 0 spiro atoms. The van der Waals surface area contributed by atoms with Crippen molar-refractivity contribution >= 4 is 5.69 Å². The fourth-order valence-electron chi connectivity index (χ4n) is 2.42. The van der Waals surface area contributed by atoms with Gasteiger partial charge in [0.1, 0.15) is 17.4 Å². The lowest BCUT2D eigenvalue weighted by Gasteiger charge is -2.29. The van der Waals surface area contributed by atoms with Crippen LogP contribution in [0, 0.1) is 10.1 Å². The minimum atomic E-state index is -4.81. The van der Waals surface area contributed by atoms with E-state index in [1.54, 1.807) is 0 Å². The van der Waals surface area contributed by atoms with Gasteiger partial charge in [0.2, 0.25) is 0 Å². The molecule has 2 rings (SSSR count). The number of nitro groups is 1. The Labute approximate surface area is 119 Å². The molecule has 1 saturated carbocycles. The number of nitrogens with zero attached hydrogens (tertiary/aromatic N) is 1. The normalized spacial score (nSPS) is 22.9. The van der Waals surface area contributed by atoms with Gasteiger partial charge in [-0.1, -0.05) is 6.42 Å². The Morgan fingerprint density at radius 2 is 1.95 bits per heavy atom. The first-order chi connectivity index (χ1) is 9.79. The molecule has 8 heteroatoms. The van der Waals surface area contributed by atoms with Crippen LogP contribution in [-0.4, -0.2) is 17.1 Å². The fourth-order valence-corrected chi connectivity index (χ4v) is 2.42. The van der Waals surface area contributed by atoms with E-state index in [9.17, 15) is 23.3 Å². The van der Waals surface area contributed by atoms with Crippen LogP contribution in [0.1, 0.15) is 31.2 Å². The van der Waals surface area contributed by atoms with Crippen LogP contribution >= 0.6 is 0 Å². The van der Waals surface area contributed by atoms with Crippen LogP contribution in [0.4, 0.5) is 18.9 Å². The van der Waals surface area contributed by atoms with Gasteiger partial charge in [0.25, 0.3) is 5.69 Å². The minimum absolute atomic E-state index is 0.0460. The maximum Gasteiger partial charge on any atom is 0.423 e. The largest absolute Gasteiger partial charge is 0.489 e. The van der Waals surface area contributed by atoms with Gasteiger partial charge in [0.15, 0.2) is 0 Å². The SMILES string of the molecule is NC1CCCCC1Oc1ccc([N+](=O)[O-])c(C(F)(F)F)c1. The molecule has 0 aliphatic heterocycles. The van der Waals surface area contributed by atoms with Crippen LogP contribution in [0.3, 0.4) is 0 Å². The second-order valence-corrected chi connectivity index (χ2v) is 5.04. The lowest BCUT2D eigenvalue weighted by Crippen LogP contribution is -2.41. The highest BCUT2D eigenvalue weighted by atomic mass is 19.4. The third-order valence-electron chi connectivity index (χ3n) is 3.51. The Morgan fingerprint density at radius 3 is 2.52 bits per heavy atom. The number of halogens is 3. The number of nitrogens with two attached hydrogens (primary N) is 1. The summed E-state index contributed by atoms with van der Waals surface area (Å²) in [7, 11) is 0. The van der Waals surface area contributed by atoms with Gasteiger partial charge in [-0.15, -0.1) is 0 Å². The van der Waals surface area contributed by atoms with Gasteiger partial charge < -0.3 is 10.5 Å². The molecular formula is C13H15F3N2O3. The first kappa shape index (κ1) is 15.6. The molecule has 0 radical (unpaired) electrons. The van der Waals surface area contributed by atoms with Crippen molar-refractivity contribution in [3.8, 4) is 5.75 Å². The number of rotatable bonds is 3. The first-order valence-electron chi connectivity index (χ1n) is 6.57. The summed E-state index contributed by atoms with van der Waals surface area (Å²) in [4.78, 5) is 9.61. The van der Waals surface area contributed by atoms with E-state index in [0.29, 0.717) is 12.5 Å². The van der Waals surface area contributed by atoms with E-state index in [2.05, 4.69) is 0 Å². The molecule has 1 aromatic carbocycles. The zero-order valence-corrected chi connectivity index (χ0v) is 11.1. The maximum absolute atomic E-state index is 12.9. The number of alkyl halides is 3. The predicted octanol–water partition coefficient (Wildman–Crippen LogP) is 3.26. The molecule has 21 heavy (non-hydrogen) atoms. The van der Waals surface area contributed by atoms with Crippen LogP contribution < -0.4 is 10.5 Å². The van der Waals surface area contributed by atoms with Gasteiger partial charge in [0.05, 0.1) is 4.92 Å². The van der Waals surface area contributed by atoms with E-state index in [1.165, 1.54) is 6.07 Å². The third kappa shape index (κ3) is 3.63. The summed E-state index contributed by atoms with van der Waals surface area (Å²) in [5.74, 6) is -0.0460. The molecule has 0 heterocycles. The second kappa shape index (κ2) is 5.88. The predicted molar refractivity (Wildman–Crippen MR) is 69.0 cm³/mol. The Morgan fingerprint density at radius 1 is 1.29 bits per heavy atom. The quantitative estimate of drug-likeness (QED) is 0.686. The molecule has 0 amide bonds. The van der Waals surface area contributed by atoms with Crippen molar-refractivity contribution in [1.82, 2.24) is 0 Å². The van der Waals surface area contributed by atoms with Gasteiger partial charge in [-0.2, -0.15) is 13.2 Å². The molecule has 1 aliphatic rings. The molecule has 5 nitrogen and oxygen atoms in total. The number of benzene rings is 1. The summed E-state index contributed by atoms with van der Waals surface area (Å²) in [6.07, 6.45) is -1.88. The topological polar surface area (TPSA) is 78.4 Å². The van der Waals surface area contributed by atoms with Crippen LogP contribution in [-0.2, 0) is 6.18 Å². The molecule has 2 atom stereocenters. The maximum atomic E-state index is 12.9. The van der Waals surface area contributed by atoms with Crippen molar-refractivity contribution in [2.24, 2.45) is 5.73 Å². The van der Waals surface area contributed by atoms with Crippen LogP contribution in [0.5, 0.6) is 5.75 Å². The van der Waals surface area contributed by atoms with E-state index < -0.39 is 22.4 Å². The van der Waals surface area contributed by atoms with Crippen LogP contribution in [0.25, 0.3) is 0 Å². The molecule has 1 aliphatic carbocycles. The summed E-state index contributed by atoms with van der Waals surface area (Å²) >= 11 is 0. The molecule has 0 saturated heterocycles. The van der Waals surface area contributed by atoms with Crippen molar-refractivity contribution in [2.75, 3.05) is 0 Å². The highest BCUT2D eigenvalue weighted by molar-refractivity contribution is 5.47. The zero-order valence-electron chi connectivity index (χ0n) is 11.1. The molecule has 2 N–H and O–H groups in total. The van der Waals surface area contributed by atoms with Crippen molar-refractivity contribution in [1.29, 1.82) is 0 Å². The lowest BCUT2D eigenvalue weighted by atomic mass is 9.93. The van der Waals surface area contributed by atoms with Crippen LogP contribution in [0.15, 0.2) is 18.2 Å². The Bertz CT molecular complexity index is 534. The summed E-state index contributed by atoms with van der Waals surface area (Å²) < 4.78 is 44.1. The molecule has 0 aromatic heterocycles. The van der Waals surface area contributed by atoms with E-state index >= 15 is 0 Å². The number of nitro benzene ring substituents is 1. The van der Waals surface area contributed by atoms with Gasteiger partial charge >= 0.3 is 6.18 Å². The van der Waals surface area contributed by atoms with Gasteiger partial charge in [-0.25, -0.2) is 0 Å². The second-order valence-electron chi connectivity index (χ2n) is 5.04. The number of hydrogen-bond donors (Lipinski definition) is 1. The van der Waals surface area contributed by atoms with Crippen molar-refractivity contribution < 1.29 is 22.8 Å². The number of ether oxygens (including phenoxy) is 1. The van der Waals surface area contributed by atoms with E-state index in [0.717, 1.165) is 25.3 Å². The first-order valence-corrected chi connectivity index (χ1v) is 6.57. The zero-order chi connectivity index (χ0) is 15.6. The Balaban J connectivity index is 2.27. The average Bonchev–Trinajstić information content (AvgIpc) is 2.40. The standard InChI is InChI=1S/C13H15F3N2O3/c14-13(15,16)9-7-8(5-6-11(9)18(19)20)21-12-4-2-1-3-10(12)17/h5-7,10,12H,1-4,17H2. The van der Waals surface area contributed by atoms with Crippen molar-refractivity contribution in [3.63, 3.8) is 0 Å². The van der Waals surface area contributed by atoms with Gasteiger partial charge in [-0.05, 0) is 31.4 Å². The van der Waals surface area contributed by atoms with Gasteiger partial charge in [0, 0.05) is 12.1 Å². The summed E-state index contributed by atoms with van der Waals surface area (Å²) in [5.41, 5.74) is 3.58. The van der Waals surface area contributed by atoms with Gasteiger partial charge in [-0.3, -0.25) is 10.1 Å². The monoisotopic (exact) mass is 304 g/mol. The highest BCUT2D eigenvalue weighted by Crippen LogP contribution is 2.38. The van der Waals surface area contributed by atoms with E-state index in [1.807, 2.05) is 0 Å². The highest BCUT2D eigenvalue weighted by Gasteiger charge is 2.39. The Kier molecular flexibility index (Phi) is 4.36. The summed E-state index contributed by atoms with van der Waals surface area (Å²) in [5, 5.41) is 10.7. The molecule has 1 aromatic rings. The lowest BCUT2D eigenvalue weighted by molar-refractivity contribution is -0.388. The Hall–Kier alpha value is -1.83. The smallest absolute Gasteiger partial charge is 0.423 e. The summed E-state index contributed by atoms with van der Waals surface area (Å²) in [6.45, 7) is 0. The van der Waals surface area contributed by atoms with Crippen molar-refractivity contribution in [3.05, 3.63) is 33.9 Å². The average molecular weight is 304 g/mol. The van der Waals surface area contributed by atoms with Crippen molar-refractivity contribution in [2.45, 2.75) is 44.0 Å². The molecular weight excluding hydrogens is 289 g/mol. The van der Waals surface area contributed by atoms with Crippen LogP contribution in [0.2, 0.25) is 0 Å².